The van der Waals surface area contributed by atoms with Crippen LogP contribution in [0.2, 0.25) is 0 Å². The van der Waals surface area contributed by atoms with Crippen molar-refractivity contribution in [2.75, 3.05) is 0 Å². The van der Waals surface area contributed by atoms with Crippen molar-refractivity contribution in [3.05, 3.63) is 47.2 Å². The fraction of sp³-hybridized carbons (Fsp3) is 0.250. The number of allylic oxidation sites excluding steroid dienone is 6. The van der Waals surface area contributed by atoms with Gasteiger partial charge in [0.2, 0.25) is 0 Å². The maximum absolute atomic E-state index is 11.0. The van der Waals surface area contributed by atoms with Gasteiger partial charge in [0.25, 0.3) is 0 Å². The zero-order chi connectivity index (χ0) is 11.0. The van der Waals surface area contributed by atoms with Crippen molar-refractivity contribution in [3.8, 4) is 0 Å². The predicted molar refractivity (Wildman–Crippen MR) is 57.9 cm³/mol. The Morgan fingerprint density at radius 2 is 2.20 bits per heavy atom. The molecule has 0 radical (unpaired) electrons. The Balaban J connectivity index is 2.49. The van der Waals surface area contributed by atoms with Gasteiger partial charge in [0.05, 0.1) is 5.57 Å². The first kappa shape index (κ1) is 9.77. The number of carboxylic acid groups (broad SMARTS) is 1. The van der Waals surface area contributed by atoms with E-state index < -0.39 is 5.97 Å². The first-order valence-electron chi connectivity index (χ1n) is 4.90. The van der Waals surface area contributed by atoms with Crippen LogP contribution in [0.25, 0.3) is 0 Å². The standard InChI is InChI=1S/C12H13NO2/c1-7-9-5-3-2-4-8(9)6-10(13)11(7)12(14)15/h2-7,9H,13H2,1H3,(H,14,15). The van der Waals surface area contributed by atoms with Crippen LogP contribution in [0, 0.1) is 11.8 Å². The van der Waals surface area contributed by atoms with Gasteiger partial charge in [0, 0.05) is 17.5 Å². The quantitative estimate of drug-likeness (QED) is 0.680. The zero-order valence-electron chi connectivity index (χ0n) is 8.47. The highest BCUT2D eigenvalue weighted by Crippen LogP contribution is 2.36. The molecule has 0 amide bonds. The monoisotopic (exact) mass is 203 g/mol. The molecule has 0 saturated carbocycles. The summed E-state index contributed by atoms with van der Waals surface area (Å²) in [5, 5.41) is 9.06. The molecule has 2 rings (SSSR count). The third-order valence-electron chi connectivity index (χ3n) is 2.96. The van der Waals surface area contributed by atoms with Crippen LogP contribution in [-0.2, 0) is 4.79 Å². The molecule has 15 heavy (non-hydrogen) atoms. The summed E-state index contributed by atoms with van der Waals surface area (Å²) in [4.78, 5) is 11.0. The van der Waals surface area contributed by atoms with E-state index in [4.69, 9.17) is 10.8 Å². The van der Waals surface area contributed by atoms with Gasteiger partial charge in [-0.2, -0.15) is 0 Å². The van der Waals surface area contributed by atoms with E-state index in [1.165, 1.54) is 0 Å². The molecule has 3 heteroatoms. The van der Waals surface area contributed by atoms with Gasteiger partial charge in [-0.1, -0.05) is 31.2 Å². The number of carboxylic acids is 1. The van der Waals surface area contributed by atoms with Gasteiger partial charge in [-0.3, -0.25) is 0 Å². The van der Waals surface area contributed by atoms with Crippen molar-refractivity contribution in [2.24, 2.45) is 17.6 Å². The Labute approximate surface area is 88.3 Å². The summed E-state index contributed by atoms with van der Waals surface area (Å²) in [5.74, 6) is -0.838. The topological polar surface area (TPSA) is 63.3 Å². The van der Waals surface area contributed by atoms with Crippen molar-refractivity contribution < 1.29 is 9.90 Å². The van der Waals surface area contributed by atoms with E-state index in [-0.39, 0.29) is 11.8 Å². The molecular weight excluding hydrogens is 190 g/mol. The second-order valence-corrected chi connectivity index (χ2v) is 3.88. The lowest BCUT2D eigenvalue weighted by molar-refractivity contribution is -0.133. The van der Waals surface area contributed by atoms with E-state index >= 15 is 0 Å². The van der Waals surface area contributed by atoms with Crippen molar-refractivity contribution in [2.45, 2.75) is 6.92 Å². The Morgan fingerprint density at radius 3 is 2.87 bits per heavy atom. The second-order valence-electron chi connectivity index (χ2n) is 3.88. The average molecular weight is 203 g/mol. The largest absolute Gasteiger partial charge is 0.478 e. The Kier molecular flexibility index (Phi) is 2.23. The van der Waals surface area contributed by atoms with E-state index in [9.17, 15) is 4.79 Å². The van der Waals surface area contributed by atoms with Crippen LogP contribution in [0.4, 0.5) is 0 Å². The van der Waals surface area contributed by atoms with Gasteiger partial charge >= 0.3 is 5.97 Å². The summed E-state index contributed by atoms with van der Waals surface area (Å²) in [6, 6.07) is 0. The van der Waals surface area contributed by atoms with Crippen molar-refractivity contribution in [1.29, 1.82) is 0 Å². The first-order valence-corrected chi connectivity index (χ1v) is 4.90. The van der Waals surface area contributed by atoms with E-state index in [0.29, 0.717) is 11.3 Å². The molecule has 0 aromatic rings. The average Bonchev–Trinajstić information content (AvgIpc) is 2.17. The molecular formula is C12H13NO2. The van der Waals surface area contributed by atoms with Crippen LogP contribution in [0.3, 0.4) is 0 Å². The molecule has 78 valence electrons. The lowest BCUT2D eigenvalue weighted by Gasteiger charge is -2.29. The molecule has 0 aromatic heterocycles. The summed E-state index contributed by atoms with van der Waals surface area (Å²) in [6.45, 7) is 1.90. The van der Waals surface area contributed by atoms with Crippen molar-refractivity contribution >= 4 is 5.97 Å². The molecule has 0 bridgehead atoms. The van der Waals surface area contributed by atoms with Crippen molar-refractivity contribution in [1.82, 2.24) is 0 Å². The lowest BCUT2D eigenvalue weighted by atomic mass is 9.75. The molecule has 0 aliphatic heterocycles. The predicted octanol–water partition coefficient (Wildman–Crippen LogP) is 1.60. The van der Waals surface area contributed by atoms with Crippen LogP contribution in [0.1, 0.15) is 6.92 Å². The summed E-state index contributed by atoms with van der Waals surface area (Å²) < 4.78 is 0. The number of carbonyl (C=O) groups is 1. The normalized spacial score (nSPS) is 28.7. The van der Waals surface area contributed by atoms with Crippen LogP contribution in [-0.4, -0.2) is 11.1 Å². The molecule has 2 aliphatic rings. The van der Waals surface area contributed by atoms with E-state index in [0.717, 1.165) is 5.57 Å². The smallest absolute Gasteiger partial charge is 0.333 e. The SMILES string of the molecule is CC1C(C(=O)O)=C(N)C=C2C=CC=CC21. The van der Waals surface area contributed by atoms with Crippen LogP contribution >= 0.6 is 0 Å². The number of rotatable bonds is 1. The minimum Gasteiger partial charge on any atom is -0.478 e. The summed E-state index contributed by atoms with van der Waals surface area (Å²) in [5.41, 5.74) is 7.53. The minimum atomic E-state index is -0.918. The highest BCUT2D eigenvalue weighted by Gasteiger charge is 2.31. The number of hydrogen-bond acceptors (Lipinski definition) is 2. The van der Waals surface area contributed by atoms with Crippen LogP contribution in [0.15, 0.2) is 47.2 Å². The summed E-state index contributed by atoms with van der Waals surface area (Å²) >= 11 is 0. The highest BCUT2D eigenvalue weighted by molar-refractivity contribution is 5.89. The van der Waals surface area contributed by atoms with Gasteiger partial charge < -0.3 is 10.8 Å². The van der Waals surface area contributed by atoms with Crippen LogP contribution < -0.4 is 5.73 Å². The highest BCUT2D eigenvalue weighted by atomic mass is 16.4. The molecule has 2 aliphatic carbocycles. The summed E-state index contributed by atoms with van der Waals surface area (Å²) in [7, 11) is 0. The minimum absolute atomic E-state index is 0.0660. The Bertz CT molecular complexity index is 427. The number of hydrogen-bond donors (Lipinski definition) is 2. The molecule has 0 spiro atoms. The van der Waals surface area contributed by atoms with Gasteiger partial charge in [-0.15, -0.1) is 0 Å². The second kappa shape index (κ2) is 3.42. The number of fused-ring (bicyclic) bond motifs is 1. The molecule has 2 unspecified atom stereocenters. The molecule has 0 aromatic carbocycles. The molecule has 3 nitrogen and oxygen atoms in total. The van der Waals surface area contributed by atoms with E-state index in [1.54, 1.807) is 6.08 Å². The van der Waals surface area contributed by atoms with E-state index in [2.05, 4.69) is 0 Å². The molecule has 0 heterocycles. The number of aliphatic carboxylic acids is 1. The third kappa shape index (κ3) is 1.50. The van der Waals surface area contributed by atoms with Gasteiger partial charge in [0.15, 0.2) is 0 Å². The summed E-state index contributed by atoms with van der Waals surface area (Å²) in [6.07, 6.45) is 9.64. The maximum atomic E-state index is 11.0. The van der Waals surface area contributed by atoms with E-state index in [1.807, 2.05) is 31.2 Å². The Hall–Kier alpha value is -1.77. The van der Waals surface area contributed by atoms with Gasteiger partial charge in [-0.05, 0) is 11.6 Å². The Morgan fingerprint density at radius 1 is 1.47 bits per heavy atom. The molecule has 2 atom stereocenters. The first-order chi connectivity index (χ1) is 7.11. The number of nitrogens with two attached hydrogens (primary N) is 1. The molecule has 0 fully saturated rings. The van der Waals surface area contributed by atoms with Crippen molar-refractivity contribution in [3.63, 3.8) is 0 Å². The van der Waals surface area contributed by atoms with Gasteiger partial charge in [-0.25, -0.2) is 4.79 Å². The molecule has 0 saturated heterocycles. The lowest BCUT2D eigenvalue weighted by Crippen LogP contribution is -2.26. The fourth-order valence-electron chi connectivity index (χ4n) is 2.19. The fourth-order valence-corrected chi connectivity index (χ4v) is 2.19. The maximum Gasteiger partial charge on any atom is 0.333 e. The third-order valence-corrected chi connectivity index (χ3v) is 2.96. The van der Waals surface area contributed by atoms with Crippen LogP contribution in [0.5, 0.6) is 0 Å². The zero-order valence-corrected chi connectivity index (χ0v) is 8.47. The van der Waals surface area contributed by atoms with Gasteiger partial charge in [0.1, 0.15) is 0 Å². The molecule has 3 N–H and O–H groups in total.